The third kappa shape index (κ3) is 6.99. The molecule has 0 saturated heterocycles. The maximum Gasteiger partial charge on any atom is 0.261 e. The molecule has 1 saturated carbocycles. The van der Waals surface area contributed by atoms with E-state index >= 15 is 0 Å². The van der Waals surface area contributed by atoms with E-state index in [9.17, 15) is 9.59 Å². The zero-order valence-electron chi connectivity index (χ0n) is 19.0. The molecule has 2 amide bonds. The molecule has 2 aromatic rings. The molecule has 0 radical (unpaired) electrons. The molecule has 0 heterocycles. The maximum atomic E-state index is 13.1. The smallest absolute Gasteiger partial charge is 0.261 e. The van der Waals surface area contributed by atoms with E-state index in [1.807, 2.05) is 36.4 Å². The molecular formula is C26H33ClN2O3. The number of aryl methyl sites for hydroxylation is 1. The molecule has 172 valence electrons. The van der Waals surface area contributed by atoms with Crippen molar-refractivity contribution in [1.82, 2.24) is 10.2 Å². The van der Waals surface area contributed by atoms with Gasteiger partial charge in [-0.3, -0.25) is 9.59 Å². The minimum atomic E-state index is -0.605. The molecule has 2 aromatic carbocycles. The molecule has 0 bridgehead atoms. The first-order chi connectivity index (χ1) is 15.5. The van der Waals surface area contributed by atoms with Gasteiger partial charge in [0.2, 0.25) is 5.91 Å². The summed E-state index contributed by atoms with van der Waals surface area (Å²) in [6.45, 7) is 4.06. The molecule has 1 atom stereocenters. The lowest BCUT2D eigenvalue weighted by molar-refractivity contribution is -0.142. The lowest BCUT2D eigenvalue weighted by atomic mass is 9.95. The number of amides is 2. The number of rotatable bonds is 9. The SMILES string of the molecule is CCc1ccc(OCC(=O)N(Cc2ccc(Cl)cc2)[C@H](C)C(=O)NC2CCCCC2)cc1. The standard InChI is InChI=1S/C26H33ClN2O3/c1-3-20-11-15-24(16-12-20)32-18-25(30)29(17-21-9-13-22(27)14-10-21)19(2)26(31)28-23-7-5-4-6-8-23/h9-16,19,23H,3-8,17-18H2,1-2H3,(H,28,31)/t19-/m1/s1. The number of carbonyl (C=O) groups excluding carboxylic acids is 2. The van der Waals surface area contributed by atoms with Gasteiger partial charge in [-0.2, -0.15) is 0 Å². The minimum Gasteiger partial charge on any atom is -0.484 e. The van der Waals surface area contributed by atoms with Gasteiger partial charge < -0.3 is 15.0 Å². The van der Waals surface area contributed by atoms with E-state index in [-0.39, 0.29) is 24.5 Å². The van der Waals surface area contributed by atoms with E-state index in [1.54, 1.807) is 24.0 Å². The summed E-state index contributed by atoms with van der Waals surface area (Å²) in [5, 5.41) is 3.77. The monoisotopic (exact) mass is 456 g/mol. The predicted octanol–water partition coefficient (Wildman–Crippen LogP) is 5.15. The normalized spacial score (nSPS) is 15.1. The van der Waals surface area contributed by atoms with Gasteiger partial charge in [-0.1, -0.05) is 62.1 Å². The summed E-state index contributed by atoms with van der Waals surface area (Å²) in [4.78, 5) is 27.7. The Morgan fingerprint density at radius 2 is 1.66 bits per heavy atom. The summed E-state index contributed by atoms with van der Waals surface area (Å²) in [6.07, 6.45) is 6.44. The number of nitrogens with one attached hydrogen (secondary N) is 1. The summed E-state index contributed by atoms with van der Waals surface area (Å²) < 4.78 is 5.74. The highest BCUT2D eigenvalue weighted by molar-refractivity contribution is 6.30. The van der Waals surface area contributed by atoms with Crippen molar-refractivity contribution in [2.45, 2.75) is 71.0 Å². The topological polar surface area (TPSA) is 58.6 Å². The molecule has 6 heteroatoms. The van der Waals surface area contributed by atoms with Crippen molar-refractivity contribution in [2.75, 3.05) is 6.61 Å². The molecule has 0 spiro atoms. The van der Waals surface area contributed by atoms with E-state index < -0.39 is 6.04 Å². The van der Waals surface area contributed by atoms with Crippen LogP contribution in [0.4, 0.5) is 0 Å². The Kier molecular flexibility index (Phi) is 8.98. The number of hydrogen-bond acceptors (Lipinski definition) is 3. The minimum absolute atomic E-state index is 0.119. The van der Waals surface area contributed by atoms with Crippen molar-refractivity contribution in [3.05, 3.63) is 64.7 Å². The third-order valence-electron chi connectivity index (χ3n) is 6.08. The molecule has 0 unspecified atom stereocenters. The van der Waals surface area contributed by atoms with Gasteiger partial charge in [-0.15, -0.1) is 0 Å². The van der Waals surface area contributed by atoms with Crippen LogP contribution in [0.3, 0.4) is 0 Å². The molecule has 32 heavy (non-hydrogen) atoms. The van der Waals surface area contributed by atoms with Crippen LogP contribution in [0.1, 0.15) is 57.1 Å². The van der Waals surface area contributed by atoms with Gasteiger partial charge in [0, 0.05) is 17.6 Å². The summed E-state index contributed by atoms with van der Waals surface area (Å²) >= 11 is 6.01. The molecule has 1 fully saturated rings. The van der Waals surface area contributed by atoms with E-state index in [4.69, 9.17) is 16.3 Å². The van der Waals surface area contributed by atoms with Crippen molar-refractivity contribution in [3.8, 4) is 5.75 Å². The van der Waals surface area contributed by atoms with E-state index in [1.165, 1.54) is 12.0 Å². The van der Waals surface area contributed by atoms with Gasteiger partial charge in [0.1, 0.15) is 11.8 Å². The first-order valence-corrected chi connectivity index (χ1v) is 11.9. The molecule has 1 aliphatic carbocycles. The fraction of sp³-hybridized carbons (Fsp3) is 0.462. The van der Waals surface area contributed by atoms with Crippen molar-refractivity contribution >= 4 is 23.4 Å². The van der Waals surface area contributed by atoms with Crippen molar-refractivity contribution < 1.29 is 14.3 Å². The fourth-order valence-corrected chi connectivity index (χ4v) is 4.11. The fourth-order valence-electron chi connectivity index (χ4n) is 3.99. The average molecular weight is 457 g/mol. The zero-order valence-corrected chi connectivity index (χ0v) is 19.7. The van der Waals surface area contributed by atoms with Crippen LogP contribution in [0, 0.1) is 0 Å². The van der Waals surface area contributed by atoms with Crippen LogP contribution in [-0.2, 0) is 22.6 Å². The molecule has 1 N–H and O–H groups in total. The highest BCUT2D eigenvalue weighted by Gasteiger charge is 2.28. The van der Waals surface area contributed by atoms with Crippen LogP contribution in [0.2, 0.25) is 5.02 Å². The Balaban J connectivity index is 1.68. The Labute approximate surface area is 196 Å². The number of halogens is 1. The van der Waals surface area contributed by atoms with Crippen LogP contribution in [0.15, 0.2) is 48.5 Å². The summed E-state index contributed by atoms with van der Waals surface area (Å²) in [5.74, 6) is 0.290. The number of nitrogens with zero attached hydrogens (tertiary/aromatic N) is 1. The van der Waals surface area contributed by atoms with E-state index in [0.29, 0.717) is 17.3 Å². The highest BCUT2D eigenvalue weighted by Crippen LogP contribution is 2.19. The molecule has 5 nitrogen and oxygen atoms in total. The molecule has 3 rings (SSSR count). The zero-order chi connectivity index (χ0) is 22.9. The Bertz CT molecular complexity index is 877. The van der Waals surface area contributed by atoms with Gasteiger partial charge >= 0.3 is 0 Å². The quantitative estimate of drug-likeness (QED) is 0.567. The second-order valence-corrected chi connectivity index (χ2v) is 8.89. The van der Waals surface area contributed by atoms with Gasteiger partial charge in [0.25, 0.3) is 5.91 Å². The number of hydrogen-bond donors (Lipinski definition) is 1. The van der Waals surface area contributed by atoms with Crippen LogP contribution in [0.5, 0.6) is 5.75 Å². The van der Waals surface area contributed by atoms with Crippen molar-refractivity contribution in [2.24, 2.45) is 0 Å². The molecule has 0 aromatic heterocycles. The van der Waals surface area contributed by atoms with Crippen LogP contribution in [0.25, 0.3) is 0 Å². The van der Waals surface area contributed by atoms with Crippen LogP contribution >= 0.6 is 11.6 Å². The highest BCUT2D eigenvalue weighted by atomic mass is 35.5. The van der Waals surface area contributed by atoms with Crippen LogP contribution in [-0.4, -0.2) is 35.4 Å². The second kappa shape index (κ2) is 11.9. The second-order valence-electron chi connectivity index (χ2n) is 8.45. The number of benzene rings is 2. The van der Waals surface area contributed by atoms with Gasteiger partial charge in [-0.25, -0.2) is 0 Å². The Morgan fingerprint density at radius 3 is 2.28 bits per heavy atom. The summed E-state index contributed by atoms with van der Waals surface area (Å²) in [6, 6.07) is 14.6. The lowest BCUT2D eigenvalue weighted by Crippen LogP contribution is -2.51. The molecule has 0 aliphatic heterocycles. The predicted molar refractivity (Wildman–Crippen MR) is 128 cm³/mol. The third-order valence-corrected chi connectivity index (χ3v) is 6.33. The molecular weight excluding hydrogens is 424 g/mol. The first kappa shape index (κ1) is 24.1. The average Bonchev–Trinajstić information content (AvgIpc) is 2.82. The largest absolute Gasteiger partial charge is 0.484 e. The van der Waals surface area contributed by atoms with Crippen molar-refractivity contribution in [3.63, 3.8) is 0 Å². The lowest BCUT2D eigenvalue weighted by Gasteiger charge is -2.31. The van der Waals surface area contributed by atoms with Crippen molar-refractivity contribution in [1.29, 1.82) is 0 Å². The van der Waals surface area contributed by atoms with Gasteiger partial charge in [0.05, 0.1) is 0 Å². The molecule has 1 aliphatic rings. The Hall–Kier alpha value is -2.53. The summed E-state index contributed by atoms with van der Waals surface area (Å²) in [7, 11) is 0. The van der Waals surface area contributed by atoms with Gasteiger partial charge in [0.15, 0.2) is 6.61 Å². The number of ether oxygens (including phenoxy) is 1. The van der Waals surface area contributed by atoms with Crippen LogP contribution < -0.4 is 10.1 Å². The van der Waals surface area contributed by atoms with E-state index in [0.717, 1.165) is 37.7 Å². The Morgan fingerprint density at radius 1 is 1.03 bits per heavy atom. The number of carbonyl (C=O) groups is 2. The van der Waals surface area contributed by atoms with Gasteiger partial charge in [-0.05, 0) is 61.6 Å². The summed E-state index contributed by atoms with van der Waals surface area (Å²) in [5.41, 5.74) is 2.12. The van der Waals surface area contributed by atoms with E-state index in [2.05, 4.69) is 12.2 Å². The maximum absolute atomic E-state index is 13.1. The first-order valence-electron chi connectivity index (χ1n) is 11.5.